The van der Waals surface area contributed by atoms with Crippen LogP contribution in [-0.4, -0.2) is 19.1 Å². The van der Waals surface area contributed by atoms with E-state index in [9.17, 15) is 0 Å². The molecule has 1 rings (SSSR count). The van der Waals surface area contributed by atoms with Gasteiger partial charge in [-0.25, -0.2) is 0 Å². The molecule has 0 amide bonds. The Labute approximate surface area is 101 Å². The average Bonchev–Trinajstić information content (AvgIpc) is 2.82. The Bertz CT molecular complexity index is 183. The Hall–Kier alpha value is -0.0800. The normalized spacial score (nSPS) is 24.4. The molecule has 0 spiro atoms. The van der Waals surface area contributed by atoms with E-state index in [1.165, 1.54) is 45.1 Å². The first-order valence-corrected chi connectivity index (χ1v) is 7.03. The van der Waals surface area contributed by atoms with Crippen molar-refractivity contribution in [2.75, 3.05) is 13.1 Å². The summed E-state index contributed by atoms with van der Waals surface area (Å²) in [7, 11) is 0. The number of nitrogens with one attached hydrogen (secondary N) is 1. The third-order valence-electron chi connectivity index (χ3n) is 3.97. The van der Waals surface area contributed by atoms with Crippen LogP contribution in [0, 0.1) is 11.3 Å². The molecule has 0 radical (unpaired) electrons. The third-order valence-corrected chi connectivity index (χ3v) is 3.97. The van der Waals surface area contributed by atoms with Gasteiger partial charge in [-0.15, -0.1) is 0 Å². The maximum atomic E-state index is 5.64. The molecule has 0 bridgehead atoms. The molecule has 2 atom stereocenters. The first-order chi connectivity index (χ1) is 7.60. The Morgan fingerprint density at radius 3 is 2.50 bits per heavy atom. The summed E-state index contributed by atoms with van der Waals surface area (Å²) in [6.07, 6.45) is 7.89. The van der Waals surface area contributed by atoms with E-state index in [4.69, 9.17) is 5.73 Å². The largest absolute Gasteiger partial charge is 0.330 e. The van der Waals surface area contributed by atoms with Crippen LogP contribution >= 0.6 is 0 Å². The molecule has 1 saturated carbocycles. The van der Waals surface area contributed by atoms with Gasteiger partial charge in [-0.3, -0.25) is 0 Å². The van der Waals surface area contributed by atoms with Gasteiger partial charge in [0.25, 0.3) is 0 Å². The fourth-order valence-corrected chi connectivity index (χ4v) is 2.56. The predicted molar refractivity (Wildman–Crippen MR) is 71.5 cm³/mol. The molecule has 0 aliphatic heterocycles. The first-order valence-electron chi connectivity index (χ1n) is 7.03. The summed E-state index contributed by atoms with van der Waals surface area (Å²) in [4.78, 5) is 0. The fourth-order valence-electron chi connectivity index (χ4n) is 2.56. The Kier molecular flexibility index (Phi) is 5.77. The van der Waals surface area contributed by atoms with Crippen LogP contribution in [0.25, 0.3) is 0 Å². The first kappa shape index (κ1) is 14.0. The molecule has 2 nitrogen and oxygen atoms in total. The highest BCUT2D eigenvalue weighted by atomic mass is 15.0. The van der Waals surface area contributed by atoms with Gasteiger partial charge in [0, 0.05) is 6.04 Å². The molecule has 1 fully saturated rings. The summed E-state index contributed by atoms with van der Waals surface area (Å²) in [5.41, 5.74) is 6.21. The molecule has 0 aromatic rings. The zero-order chi connectivity index (χ0) is 12.0. The zero-order valence-corrected chi connectivity index (χ0v) is 11.4. The molecule has 0 aromatic heterocycles. The van der Waals surface area contributed by atoms with Crippen molar-refractivity contribution in [3.63, 3.8) is 0 Å². The van der Waals surface area contributed by atoms with Gasteiger partial charge in [-0.1, -0.05) is 33.6 Å². The number of hydrogen-bond acceptors (Lipinski definition) is 2. The number of nitrogens with two attached hydrogens (primary N) is 1. The van der Waals surface area contributed by atoms with Gasteiger partial charge in [-0.05, 0) is 50.1 Å². The van der Waals surface area contributed by atoms with Gasteiger partial charge in [-0.2, -0.15) is 0 Å². The molecule has 2 unspecified atom stereocenters. The minimum absolute atomic E-state index is 0.570. The smallest absolute Gasteiger partial charge is 0.0124 e. The van der Waals surface area contributed by atoms with Crippen molar-refractivity contribution in [1.82, 2.24) is 5.32 Å². The standard InChI is InChI=1S/C14H30N2/c1-4-6-12(8-9-15)7-5-10-16-13-11-14(13,2)3/h12-13,16H,4-11,15H2,1-3H3. The lowest BCUT2D eigenvalue weighted by Crippen LogP contribution is -2.22. The molecular weight excluding hydrogens is 196 g/mol. The molecule has 0 aromatic carbocycles. The van der Waals surface area contributed by atoms with Gasteiger partial charge in [0.15, 0.2) is 0 Å². The fraction of sp³-hybridized carbons (Fsp3) is 1.00. The van der Waals surface area contributed by atoms with E-state index in [0.717, 1.165) is 18.5 Å². The Morgan fingerprint density at radius 1 is 1.31 bits per heavy atom. The summed E-state index contributed by atoms with van der Waals surface area (Å²) in [5, 5.41) is 3.66. The quantitative estimate of drug-likeness (QED) is 0.593. The van der Waals surface area contributed by atoms with E-state index in [0.29, 0.717) is 5.41 Å². The number of hydrogen-bond donors (Lipinski definition) is 2. The minimum Gasteiger partial charge on any atom is -0.330 e. The summed E-state index contributed by atoms with van der Waals surface area (Å²) < 4.78 is 0. The van der Waals surface area contributed by atoms with Crippen molar-refractivity contribution < 1.29 is 0 Å². The molecule has 1 aliphatic carbocycles. The van der Waals surface area contributed by atoms with Crippen molar-refractivity contribution in [3.05, 3.63) is 0 Å². The lowest BCUT2D eigenvalue weighted by atomic mass is 9.94. The van der Waals surface area contributed by atoms with E-state index >= 15 is 0 Å². The van der Waals surface area contributed by atoms with Crippen LogP contribution in [-0.2, 0) is 0 Å². The van der Waals surface area contributed by atoms with E-state index < -0.39 is 0 Å². The summed E-state index contributed by atoms with van der Waals surface area (Å²) in [6.45, 7) is 9.01. The Balaban J connectivity index is 2.00. The van der Waals surface area contributed by atoms with Gasteiger partial charge in [0.2, 0.25) is 0 Å². The SMILES string of the molecule is CCCC(CCN)CCCNC1CC1(C)C. The van der Waals surface area contributed by atoms with Crippen LogP contribution in [0.3, 0.4) is 0 Å². The van der Waals surface area contributed by atoms with Gasteiger partial charge >= 0.3 is 0 Å². The van der Waals surface area contributed by atoms with Crippen molar-refractivity contribution in [3.8, 4) is 0 Å². The molecule has 3 N–H and O–H groups in total. The second kappa shape index (κ2) is 6.61. The summed E-state index contributed by atoms with van der Waals surface area (Å²) in [6, 6.07) is 0.784. The third kappa shape index (κ3) is 4.84. The summed E-state index contributed by atoms with van der Waals surface area (Å²) in [5.74, 6) is 0.865. The van der Waals surface area contributed by atoms with E-state index in [2.05, 4.69) is 26.1 Å². The molecule has 0 heterocycles. The van der Waals surface area contributed by atoms with Crippen molar-refractivity contribution >= 4 is 0 Å². The molecular formula is C14H30N2. The van der Waals surface area contributed by atoms with Crippen LogP contribution in [0.15, 0.2) is 0 Å². The van der Waals surface area contributed by atoms with E-state index in [-0.39, 0.29) is 0 Å². The average molecular weight is 226 g/mol. The van der Waals surface area contributed by atoms with Gasteiger partial charge < -0.3 is 11.1 Å². The molecule has 96 valence electrons. The van der Waals surface area contributed by atoms with Crippen LogP contribution in [0.1, 0.15) is 59.3 Å². The molecule has 0 saturated heterocycles. The van der Waals surface area contributed by atoms with Gasteiger partial charge in [0.1, 0.15) is 0 Å². The summed E-state index contributed by atoms with van der Waals surface area (Å²) >= 11 is 0. The highest BCUT2D eigenvalue weighted by Gasteiger charge is 2.44. The van der Waals surface area contributed by atoms with E-state index in [1.54, 1.807) is 0 Å². The molecule has 1 aliphatic rings. The lowest BCUT2D eigenvalue weighted by molar-refractivity contribution is 0.400. The van der Waals surface area contributed by atoms with Crippen LogP contribution in [0.5, 0.6) is 0 Å². The second-order valence-corrected chi connectivity index (χ2v) is 6.07. The highest BCUT2D eigenvalue weighted by molar-refractivity contribution is 5.01. The maximum absolute atomic E-state index is 5.64. The van der Waals surface area contributed by atoms with Crippen molar-refractivity contribution in [2.45, 2.75) is 65.3 Å². The van der Waals surface area contributed by atoms with Gasteiger partial charge in [0.05, 0.1) is 0 Å². The zero-order valence-electron chi connectivity index (χ0n) is 11.4. The van der Waals surface area contributed by atoms with Crippen molar-refractivity contribution in [1.29, 1.82) is 0 Å². The number of rotatable bonds is 9. The van der Waals surface area contributed by atoms with Crippen LogP contribution in [0.2, 0.25) is 0 Å². The highest BCUT2D eigenvalue weighted by Crippen LogP contribution is 2.44. The Morgan fingerprint density at radius 2 is 2.00 bits per heavy atom. The topological polar surface area (TPSA) is 38.0 Å². The molecule has 2 heteroatoms. The monoisotopic (exact) mass is 226 g/mol. The minimum atomic E-state index is 0.570. The lowest BCUT2D eigenvalue weighted by Gasteiger charge is -2.15. The second-order valence-electron chi connectivity index (χ2n) is 6.07. The van der Waals surface area contributed by atoms with Crippen LogP contribution < -0.4 is 11.1 Å². The molecule has 16 heavy (non-hydrogen) atoms. The van der Waals surface area contributed by atoms with E-state index in [1.807, 2.05) is 0 Å². The predicted octanol–water partition coefficient (Wildman–Crippen LogP) is 2.92. The maximum Gasteiger partial charge on any atom is 0.0124 e. The van der Waals surface area contributed by atoms with Crippen LogP contribution in [0.4, 0.5) is 0 Å². The van der Waals surface area contributed by atoms with Crippen molar-refractivity contribution in [2.24, 2.45) is 17.1 Å².